The zero-order chi connectivity index (χ0) is 14.6. The van der Waals surface area contributed by atoms with Crippen LogP contribution in [0.5, 0.6) is 0 Å². The standard InChI is InChI=1S/C14H15F3N2O/c1-2-5-18-9-13-10(4-7-20-13)11-8-19-6-3-12(11)14(15,16)17/h3-4,6-8,18H,2,5,9H2,1H3. The normalized spacial score (nSPS) is 11.8. The van der Waals surface area contributed by atoms with Crippen molar-refractivity contribution in [1.29, 1.82) is 0 Å². The average molecular weight is 284 g/mol. The van der Waals surface area contributed by atoms with E-state index in [-0.39, 0.29) is 5.56 Å². The van der Waals surface area contributed by atoms with Gasteiger partial charge in [-0.1, -0.05) is 6.92 Å². The summed E-state index contributed by atoms with van der Waals surface area (Å²) in [6.07, 6.45) is 0.282. The summed E-state index contributed by atoms with van der Waals surface area (Å²) in [6, 6.07) is 2.51. The monoisotopic (exact) mass is 284 g/mol. The first-order valence-corrected chi connectivity index (χ1v) is 6.32. The summed E-state index contributed by atoms with van der Waals surface area (Å²) < 4.78 is 44.3. The lowest BCUT2D eigenvalue weighted by Crippen LogP contribution is -2.14. The van der Waals surface area contributed by atoms with Crippen molar-refractivity contribution >= 4 is 0 Å². The van der Waals surface area contributed by atoms with Gasteiger partial charge in [0.05, 0.1) is 18.4 Å². The highest BCUT2D eigenvalue weighted by molar-refractivity contribution is 5.68. The summed E-state index contributed by atoms with van der Waals surface area (Å²) in [5.74, 6) is 0.483. The number of rotatable bonds is 5. The maximum Gasteiger partial charge on any atom is 0.417 e. The maximum absolute atomic E-state index is 13.0. The lowest BCUT2D eigenvalue weighted by molar-refractivity contribution is -0.137. The second kappa shape index (κ2) is 6.09. The molecule has 0 saturated carbocycles. The number of aromatic nitrogens is 1. The first kappa shape index (κ1) is 14.6. The van der Waals surface area contributed by atoms with Gasteiger partial charge in [0, 0.05) is 23.5 Å². The van der Waals surface area contributed by atoms with Crippen LogP contribution in [0.15, 0.2) is 35.2 Å². The van der Waals surface area contributed by atoms with E-state index in [9.17, 15) is 13.2 Å². The molecule has 0 aliphatic heterocycles. The van der Waals surface area contributed by atoms with Crippen LogP contribution in [-0.2, 0) is 12.7 Å². The van der Waals surface area contributed by atoms with E-state index in [1.54, 1.807) is 0 Å². The van der Waals surface area contributed by atoms with Crippen molar-refractivity contribution in [3.8, 4) is 11.1 Å². The van der Waals surface area contributed by atoms with Gasteiger partial charge in [0.1, 0.15) is 5.76 Å². The lowest BCUT2D eigenvalue weighted by atomic mass is 10.0. The van der Waals surface area contributed by atoms with E-state index in [1.807, 2.05) is 6.92 Å². The summed E-state index contributed by atoms with van der Waals surface area (Å²) in [5.41, 5.74) is -0.235. The molecule has 0 amide bonds. The van der Waals surface area contributed by atoms with Gasteiger partial charge in [0.15, 0.2) is 0 Å². The SMILES string of the molecule is CCCNCc1occc1-c1cnccc1C(F)(F)F. The van der Waals surface area contributed by atoms with E-state index in [4.69, 9.17) is 4.42 Å². The van der Waals surface area contributed by atoms with Gasteiger partial charge < -0.3 is 9.73 Å². The molecule has 0 aliphatic rings. The number of nitrogens with one attached hydrogen (secondary N) is 1. The number of hydrogen-bond donors (Lipinski definition) is 1. The molecular weight excluding hydrogens is 269 g/mol. The fourth-order valence-corrected chi connectivity index (χ4v) is 1.95. The fraction of sp³-hybridized carbons (Fsp3) is 0.357. The number of pyridine rings is 1. The summed E-state index contributed by atoms with van der Waals surface area (Å²) >= 11 is 0. The molecular formula is C14H15F3N2O. The second-order valence-electron chi connectivity index (χ2n) is 4.35. The highest BCUT2D eigenvalue weighted by Gasteiger charge is 2.34. The summed E-state index contributed by atoms with van der Waals surface area (Å²) in [4.78, 5) is 3.79. The molecule has 0 aromatic carbocycles. The van der Waals surface area contributed by atoms with E-state index < -0.39 is 11.7 Å². The first-order valence-electron chi connectivity index (χ1n) is 6.32. The van der Waals surface area contributed by atoms with Crippen molar-refractivity contribution in [3.05, 3.63) is 42.1 Å². The van der Waals surface area contributed by atoms with Gasteiger partial charge in [-0.05, 0) is 25.1 Å². The van der Waals surface area contributed by atoms with Gasteiger partial charge in [-0.2, -0.15) is 13.2 Å². The highest BCUT2D eigenvalue weighted by atomic mass is 19.4. The molecule has 3 nitrogen and oxygen atoms in total. The molecule has 0 atom stereocenters. The Morgan fingerprint density at radius 1 is 1.25 bits per heavy atom. The Balaban J connectivity index is 2.35. The molecule has 0 radical (unpaired) electrons. The zero-order valence-corrected chi connectivity index (χ0v) is 11.0. The Hall–Kier alpha value is -1.82. The van der Waals surface area contributed by atoms with Crippen molar-refractivity contribution in [1.82, 2.24) is 10.3 Å². The largest absolute Gasteiger partial charge is 0.467 e. The molecule has 0 fully saturated rings. The fourth-order valence-electron chi connectivity index (χ4n) is 1.95. The van der Waals surface area contributed by atoms with Gasteiger partial charge in [-0.25, -0.2) is 0 Å². The molecule has 2 rings (SSSR count). The molecule has 20 heavy (non-hydrogen) atoms. The molecule has 2 aromatic heterocycles. The van der Waals surface area contributed by atoms with Gasteiger partial charge in [0.2, 0.25) is 0 Å². The van der Waals surface area contributed by atoms with Gasteiger partial charge in [-0.3, -0.25) is 4.98 Å². The van der Waals surface area contributed by atoms with Gasteiger partial charge >= 0.3 is 6.18 Å². The van der Waals surface area contributed by atoms with Crippen molar-refractivity contribution in [2.24, 2.45) is 0 Å². The van der Waals surface area contributed by atoms with E-state index >= 15 is 0 Å². The molecule has 0 aliphatic carbocycles. The molecule has 6 heteroatoms. The van der Waals surface area contributed by atoms with Crippen molar-refractivity contribution < 1.29 is 17.6 Å². The van der Waals surface area contributed by atoms with Crippen LogP contribution in [-0.4, -0.2) is 11.5 Å². The maximum atomic E-state index is 13.0. The Bertz CT molecular complexity index is 564. The Kier molecular flexibility index (Phi) is 4.44. The predicted octanol–water partition coefficient (Wildman–Crippen LogP) is 3.86. The Morgan fingerprint density at radius 2 is 2.05 bits per heavy atom. The number of furan rings is 1. The van der Waals surface area contributed by atoms with Crippen LogP contribution in [0.25, 0.3) is 11.1 Å². The molecule has 0 spiro atoms. The number of nitrogens with zero attached hydrogens (tertiary/aromatic N) is 1. The minimum atomic E-state index is -4.41. The third kappa shape index (κ3) is 3.19. The third-order valence-corrected chi connectivity index (χ3v) is 2.87. The van der Waals surface area contributed by atoms with Crippen LogP contribution in [0.3, 0.4) is 0 Å². The smallest absolute Gasteiger partial charge is 0.417 e. The van der Waals surface area contributed by atoms with Crippen molar-refractivity contribution in [2.75, 3.05) is 6.54 Å². The minimum Gasteiger partial charge on any atom is -0.467 e. The Labute approximate surface area is 114 Å². The quantitative estimate of drug-likeness (QED) is 0.847. The minimum absolute atomic E-state index is 0.0436. The summed E-state index contributed by atoms with van der Waals surface area (Å²) in [7, 11) is 0. The average Bonchev–Trinajstić information content (AvgIpc) is 2.86. The van der Waals surface area contributed by atoms with Crippen molar-refractivity contribution in [2.45, 2.75) is 26.1 Å². The number of halogens is 3. The topological polar surface area (TPSA) is 38.1 Å². The third-order valence-electron chi connectivity index (χ3n) is 2.87. The van der Waals surface area contributed by atoms with E-state index in [0.717, 1.165) is 25.2 Å². The lowest BCUT2D eigenvalue weighted by Gasteiger charge is -2.12. The molecule has 108 valence electrons. The molecule has 2 aromatic rings. The van der Waals surface area contributed by atoms with Gasteiger partial charge in [0.25, 0.3) is 0 Å². The molecule has 0 unspecified atom stereocenters. The van der Waals surface area contributed by atoms with E-state index in [2.05, 4.69) is 10.3 Å². The molecule has 0 saturated heterocycles. The molecule has 2 heterocycles. The molecule has 1 N–H and O–H groups in total. The number of alkyl halides is 3. The van der Waals surface area contributed by atoms with Crippen LogP contribution in [0.4, 0.5) is 13.2 Å². The van der Waals surface area contributed by atoms with Crippen LogP contribution < -0.4 is 5.32 Å². The molecule has 0 bridgehead atoms. The van der Waals surface area contributed by atoms with Crippen molar-refractivity contribution in [3.63, 3.8) is 0 Å². The summed E-state index contributed by atoms with van der Waals surface area (Å²) in [6.45, 7) is 3.18. The predicted molar refractivity (Wildman–Crippen MR) is 68.9 cm³/mol. The second-order valence-corrected chi connectivity index (χ2v) is 4.35. The first-order chi connectivity index (χ1) is 9.54. The number of hydrogen-bond acceptors (Lipinski definition) is 3. The van der Waals surface area contributed by atoms with E-state index in [1.165, 1.54) is 18.5 Å². The van der Waals surface area contributed by atoms with Crippen LogP contribution in [0.2, 0.25) is 0 Å². The van der Waals surface area contributed by atoms with Crippen LogP contribution in [0.1, 0.15) is 24.7 Å². The van der Waals surface area contributed by atoms with Gasteiger partial charge in [-0.15, -0.1) is 0 Å². The van der Waals surface area contributed by atoms with Crippen LogP contribution >= 0.6 is 0 Å². The van der Waals surface area contributed by atoms with E-state index in [0.29, 0.717) is 17.9 Å². The van der Waals surface area contributed by atoms with Crippen LogP contribution in [0, 0.1) is 0 Å². The zero-order valence-electron chi connectivity index (χ0n) is 11.0. The highest BCUT2D eigenvalue weighted by Crippen LogP contribution is 2.37. The summed E-state index contributed by atoms with van der Waals surface area (Å²) in [5, 5.41) is 3.11. The Morgan fingerprint density at radius 3 is 2.75 bits per heavy atom.